The van der Waals surface area contributed by atoms with Crippen LogP contribution in [0, 0.1) is 0 Å². The molecule has 3 N–H and O–H groups in total. The Morgan fingerprint density at radius 1 is 1.33 bits per heavy atom. The summed E-state index contributed by atoms with van der Waals surface area (Å²) in [6.07, 6.45) is 2.22. The smallest absolute Gasteiger partial charge is 0.237 e. The van der Waals surface area contributed by atoms with Gasteiger partial charge < -0.3 is 20.6 Å². The predicted molar refractivity (Wildman–Crippen MR) is 82.2 cm³/mol. The number of para-hydroxylation sites is 1. The summed E-state index contributed by atoms with van der Waals surface area (Å²) in [7, 11) is 0. The van der Waals surface area contributed by atoms with Crippen molar-refractivity contribution in [3.63, 3.8) is 0 Å². The van der Waals surface area contributed by atoms with Crippen LogP contribution in [0.2, 0.25) is 0 Å². The third-order valence-corrected chi connectivity index (χ3v) is 4.31. The zero-order chi connectivity index (χ0) is 14.7. The van der Waals surface area contributed by atoms with E-state index in [1.54, 1.807) is 0 Å². The number of nitrogens with one attached hydrogen (secondary N) is 2. The summed E-state index contributed by atoms with van der Waals surface area (Å²) in [4.78, 5) is 14.5. The number of carbonyl (C=O) groups excluding carboxylic acids is 1. The molecule has 5 heteroatoms. The highest BCUT2D eigenvalue weighted by Crippen LogP contribution is 2.19. The summed E-state index contributed by atoms with van der Waals surface area (Å²) in [5, 5.41) is 15.7. The number of hydrogen-bond acceptors (Lipinski definition) is 4. The van der Waals surface area contributed by atoms with Crippen molar-refractivity contribution in [2.24, 2.45) is 0 Å². The van der Waals surface area contributed by atoms with Crippen LogP contribution < -0.4 is 15.5 Å². The van der Waals surface area contributed by atoms with Gasteiger partial charge in [0, 0.05) is 31.4 Å². The molecule has 0 aliphatic carbocycles. The second-order valence-corrected chi connectivity index (χ2v) is 5.98. The van der Waals surface area contributed by atoms with Crippen LogP contribution in [0.5, 0.6) is 0 Å². The quantitative estimate of drug-likeness (QED) is 0.758. The summed E-state index contributed by atoms with van der Waals surface area (Å²) in [6, 6.07) is 10.3. The maximum atomic E-state index is 12.2. The SMILES string of the molecule is O=C(NC1CCCN(c2ccccc2)C1)C1CC(O)CN1. The molecule has 21 heavy (non-hydrogen) atoms. The largest absolute Gasteiger partial charge is 0.392 e. The average Bonchev–Trinajstić information content (AvgIpc) is 2.95. The van der Waals surface area contributed by atoms with Crippen molar-refractivity contribution in [2.75, 3.05) is 24.5 Å². The number of nitrogens with zero attached hydrogens (tertiary/aromatic N) is 1. The first-order chi connectivity index (χ1) is 10.2. The second kappa shape index (κ2) is 6.45. The Morgan fingerprint density at radius 2 is 2.14 bits per heavy atom. The van der Waals surface area contributed by atoms with Gasteiger partial charge in [0.2, 0.25) is 5.91 Å². The lowest BCUT2D eigenvalue weighted by Gasteiger charge is -2.35. The number of anilines is 1. The number of piperidine rings is 1. The van der Waals surface area contributed by atoms with E-state index in [0.29, 0.717) is 13.0 Å². The van der Waals surface area contributed by atoms with Crippen LogP contribution in [0.1, 0.15) is 19.3 Å². The molecule has 1 aromatic carbocycles. The number of aliphatic hydroxyl groups is 1. The highest BCUT2D eigenvalue weighted by molar-refractivity contribution is 5.82. The van der Waals surface area contributed by atoms with Crippen molar-refractivity contribution in [3.05, 3.63) is 30.3 Å². The molecule has 3 rings (SSSR count). The number of benzene rings is 1. The third kappa shape index (κ3) is 3.54. The minimum Gasteiger partial charge on any atom is -0.392 e. The van der Waals surface area contributed by atoms with Crippen molar-refractivity contribution in [1.82, 2.24) is 10.6 Å². The van der Waals surface area contributed by atoms with Crippen LogP contribution in [0.25, 0.3) is 0 Å². The fourth-order valence-corrected chi connectivity index (χ4v) is 3.19. The van der Waals surface area contributed by atoms with E-state index in [4.69, 9.17) is 0 Å². The van der Waals surface area contributed by atoms with E-state index in [-0.39, 0.29) is 18.0 Å². The first-order valence-corrected chi connectivity index (χ1v) is 7.74. The van der Waals surface area contributed by atoms with E-state index < -0.39 is 6.10 Å². The van der Waals surface area contributed by atoms with Crippen molar-refractivity contribution >= 4 is 11.6 Å². The summed E-state index contributed by atoms with van der Waals surface area (Å²) in [6.45, 7) is 2.40. The minimum atomic E-state index is -0.395. The molecule has 5 nitrogen and oxygen atoms in total. The molecule has 3 unspecified atom stereocenters. The van der Waals surface area contributed by atoms with Crippen molar-refractivity contribution < 1.29 is 9.90 Å². The number of amides is 1. The van der Waals surface area contributed by atoms with Gasteiger partial charge >= 0.3 is 0 Å². The van der Waals surface area contributed by atoms with E-state index in [9.17, 15) is 9.90 Å². The van der Waals surface area contributed by atoms with Gasteiger partial charge in [-0.3, -0.25) is 4.79 Å². The highest BCUT2D eigenvalue weighted by atomic mass is 16.3. The van der Waals surface area contributed by atoms with Crippen LogP contribution >= 0.6 is 0 Å². The molecule has 0 radical (unpaired) electrons. The van der Waals surface area contributed by atoms with Gasteiger partial charge in [-0.25, -0.2) is 0 Å². The van der Waals surface area contributed by atoms with Gasteiger partial charge in [0.1, 0.15) is 0 Å². The van der Waals surface area contributed by atoms with Crippen LogP contribution in [0.15, 0.2) is 30.3 Å². The molecule has 1 aromatic rings. The summed E-state index contributed by atoms with van der Waals surface area (Å²) < 4.78 is 0. The first-order valence-electron chi connectivity index (χ1n) is 7.74. The highest BCUT2D eigenvalue weighted by Gasteiger charge is 2.30. The Hall–Kier alpha value is -1.59. The molecule has 0 bridgehead atoms. The van der Waals surface area contributed by atoms with Gasteiger partial charge in [-0.1, -0.05) is 18.2 Å². The molecule has 2 aliphatic heterocycles. The fourth-order valence-electron chi connectivity index (χ4n) is 3.19. The average molecular weight is 289 g/mol. The van der Waals surface area contributed by atoms with Gasteiger partial charge in [0.15, 0.2) is 0 Å². The molecule has 2 fully saturated rings. The molecular weight excluding hydrogens is 266 g/mol. The van der Waals surface area contributed by atoms with E-state index in [0.717, 1.165) is 25.9 Å². The molecule has 2 heterocycles. The number of carbonyl (C=O) groups is 1. The minimum absolute atomic E-state index is 0.0199. The second-order valence-electron chi connectivity index (χ2n) is 5.98. The Balaban J connectivity index is 1.55. The van der Waals surface area contributed by atoms with Crippen molar-refractivity contribution in [2.45, 2.75) is 37.5 Å². The summed E-state index contributed by atoms with van der Waals surface area (Å²) >= 11 is 0. The molecule has 1 amide bonds. The lowest BCUT2D eigenvalue weighted by Crippen LogP contribution is -2.51. The summed E-state index contributed by atoms with van der Waals surface area (Å²) in [5.74, 6) is 0.0199. The van der Waals surface area contributed by atoms with Crippen LogP contribution in [0.3, 0.4) is 0 Å². The Labute approximate surface area is 125 Å². The van der Waals surface area contributed by atoms with Crippen molar-refractivity contribution in [3.8, 4) is 0 Å². The molecule has 0 saturated carbocycles. The van der Waals surface area contributed by atoms with Gasteiger partial charge in [-0.05, 0) is 31.4 Å². The molecule has 0 aromatic heterocycles. The monoisotopic (exact) mass is 289 g/mol. The van der Waals surface area contributed by atoms with E-state index in [2.05, 4.69) is 27.7 Å². The van der Waals surface area contributed by atoms with E-state index in [1.165, 1.54) is 5.69 Å². The third-order valence-electron chi connectivity index (χ3n) is 4.31. The van der Waals surface area contributed by atoms with Gasteiger partial charge in [-0.15, -0.1) is 0 Å². The summed E-state index contributed by atoms with van der Waals surface area (Å²) in [5.41, 5.74) is 1.21. The number of aliphatic hydroxyl groups excluding tert-OH is 1. The van der Waals surface area contributed by atoms with E-state index >= 15 is 0 Å². The number of hydrogen-bond donors (Lipinski definition) is 3. The zero-order valence-corrected chi connectivity index (χ0v) is 12.2. The Morgan fingerprint density at radius 3 is 2.86 bits per heavy atom. The Bertz CT molecular complexity index is 480. The predicted octanol–water partition coefficient (Wildman–Crippen LogP) is 0.494. The first kappa shape index (κ1) is 14.4. The lowest BCUT2D eigenvalue weighted by atomic mass is 10.0. The maximum Gasteiger partial charge on any atom is 0.237 e. The molecule has 2 saturated heterocycles. The molecule has 0 spiro atoms. The maximum absolute atomic E-state index is 12.2. The normalized spacial score (nSPS) is 29.4. The van der Waals surface area contributed by atoms with Crippen LogP contribution in [-0.2, 0) is 4.79 Å². The topological polar surface area (TPSA) is 64.6 Å². The van der Waals surface area contributed by atoms with Crippen molar-refractivity contribution in [1.29, 1.82) is 0 Å². The van der Waals surface area contributed by atoms with E-state index in [1.807, 2.05) is 18.2 Å². The van der Waals surface area contributed by atoms with Crippen LogP contribution in [0.4, 0.5) is 5.69 Å². The van der Waals surface area contributed by atoms with Crippen LogP contribution in [-0.4, -0.2) is 48.8 Å². The van der Waals surface area contributed by atoms with Gasteiger partial charge in [0.05, 0.1) is 12.1 Å². The molecule has 3 atom stereocenters. The standard InChI is InChI=1S/C16H23N3O2/c20-14-9-15(17-10-14)16(21)18-12-5-4-8-19(11-12)13-6-2-1-3-7-13/h1-3,6-7,12,14-15,17,20H,4-5,8-11H2,(H,18,21). The Kier molecular flexibility index (Phi) is 4.41. The molecular formula is C16H23N3O2. The fraction of sp³-hybridized carbons (Fsp3) is 0.562. The number of β-amino-alcohol motifs (C(OH)–C–C–N with tert-alkyl or cyclic N) is 1. The van der Waals surface area contributed by atoms with Gasteiger partial charge in [-0.2, -0.15) is 0 Å². The molecule has 114 valence electrons. The number of rotatable bonds is 3. The lowest BCUT2D eigenvalue weighted by molar-refractivity contribution is -0.123. The van der Waals surface area contributed by atoms with Gasteiger partial charge in [0.25, 0.3) is 0 Å². The zero-order valence-electron chi connectivity index (χ0n) is 12.2. The molecule has 2 aliphatic rings.